The average Bonchev–Trinajstić information content (AvgIpc) is 2.84. The van der Waals surface area contributed by atoms with E-state index in [9.17, 15) is 8.42 Å². The van der Waals surface area contributed by atoms with Gasteiger partial charge in [-0.2, -0.15) is 4.31 Å². The van der Waals surface area contributed by atoms with Crippen molar-refractivity contribution in [2.45, 2.75) is 38.7 Å². The molecule has 0 radical (unpaired) electrons. The highest BCUT2D eigenvalue weighted by molar-refractivity contribution is 7.89. The lowest BCUT2D eigenvalue weighted by Crippen LogP contribution is -2.41. The Morgan fingerprint density at radius 1 is 1.09 bits per heavy atom. The van der Waals surface area contributed by atoms with Crippen LogP contribution in [-0.2, 0) is 26.0 Å². The molecule has 7 nitrogen and oxygen atoms in total. The van der Waals surface area contributed by atoms with Gasteiger partial charge in [0.25, 0.3) is 0 Å². The van der Waals surface area contributed by atoms with Crippen molar-refractivity contribution in [1.29, 1.82) is 0 Å². The van der Waals surface area contributed by atoms with Crippen molar-refractivity contribution in [2.75, 3.05) is 27.9 Å². The van der Waals surface area contributed by atoms with Gasteiger partial charge in [0, 0.05) is 26.4 Å². The van der Waals surface area contributed by atoms with Gasteiger partial charge in [-0.3, -0.25) is 4.98 Å². The maximum Gasteiger partial charge on any atom is 0.220 e. The van der Waals surface area contributed by atoms with E-state index >= 15 is 0 Å². The first-order valence-electron chi connectivity index (χ1n) is 10.8. The minimum Gasteiger partial charge on any atom is -0.501 e. The summed E-state index contributed by atoms with van der Waals surface area (Å²) >= 11 is 5.95. The molecule has 0 amide bonds. The number of sulfonamides is 1. The van der Waals surface area contributed by atoms with Crippen molar-refractivity contribution in [1.82, 2.24) is 9.29 Å². The van der Waals surface area contributed by atoms with Gasteiger partial charge in [-0.1, -0.05) is 35.4 Å². The van der Waals surface area contributed by atoms with Crippen molar-refractivity contribution in [3.8, 4) is 5.75 Å². The largest absolute Gasteiger partial charge is 0.501 e. The van der Waals surface area contributed by atoms with E-state index in [0.717, 1.165) is 16.9 Å². The molecule has 0 saturated heterocycles. The minimum absolute atomic E-state index is 0.194. The van der Waals surface area contributed by atoms with Gasteiger partial charge in [-0.15, -0.1) is 0 Å². The van der Waals surface area contributed by atoms with Gasteiger partial charge in [0.05, 0.1) is 30.7 Å². The summed E-state index contributed by atoms with van der Waals surface area (Å²) in [7, 11) is 0.844. The highest BCUT2D eigenvalue weighted by atomic mass is 35.5. The zero-order valence-electron chi connectivity index (χ0n) is 20.5. The van der Waals surface area contributed by atoms with Crippen LogP contribution in [0.2, 0.25) is 5.02 Å². The van der Waals surface area contributed by atoms with Crippen LogP contribution in [0.5, 0.6) is 5.75 Å². The van der Waals surface area contributed by atoms with E-state index in [2.05, 4.69) is 4.98 Å². The summed E-state index contributed by atoms with van der Waals surface area (Å²) in [6, 6.07) is 10.7. The molecule has 34 heavy (non-hydrogen) atoms. The number of allylic oxidation sites excluding steroid dienone is 3. The van der Waals surface area contributed by atoms with Gasteiger partial charge < -0.3 is 14.2 Å². The first-order chi connectivity index (χ1) is 16.1. The van der Waals surface area contributed by atoms with Crippen LogP contribution in [0.25, 0.3) is 0 Å². The smallest absolute Gasteiger partial charge is 0.220 e. The van der Waals surface area contributed by atoms with E-state index in [1.165, 1.54) is 17.6 Å². The standard InChI is InChI=1S/C25H33ClN2O5S/c1-18(7-8-19(2)31-4)16-28(17-21-9-12-23(32-5)13-10-21)34(29,30)20(3)25(33-6)24-14-11-22(26)15-27-24/h7-15,20,25H,16-17H2,1-6H3/b18-7+,19-8+/t20-,25-/m0/s1. The number of hydrogen-bond acceptors (Lipinski definition) is 6. The Morgan fingerprint density at radius 3 is 2.29 bits per heavy atom. The number of methoxy groups -OCH3 is 3. The summed E-state index contributed by atoms with van der Waals surface area (Å²) in [4.78, 5) is 4.28. The van der Waals surface area contributed by atoms with Crippen LogP contribution < -0.4 is 4.74 Å². The summed E-state index contributed by atoms with van der Waals surface area (Å²) in [5.74, 6) is 1.43. The number of hydrogen-bond donors (Lipinski definition) is 0. The van der Waals surface area contributed by atoms with E-state index in [-0.39, 0.29) is 13.1 Å². The fourth-order valence-electron chi connectivity index (χ4n) is 3.33. The van der Waals surface area contributed by atoms with Crippen LogP contribution in [0.3, 0.4) is 0 Å². The average molecular weight is 509 g/mol. The zero-order valence-corrected chi connectivity index (χ0v) is 22.1. The molecule has 1 aromatic heterocycles. The number of aromatic nitrogens is 1. The first-order valence-corrected chi connectivity index (χ1v) is 12.6. The lowest BCUT2D eigenvalue weighted by molar-refractivity contribution is 0.0971. The fourth-order valence-corrected chi connectivity index (χ4v) is 5.19. The second kappa shape index (κ2) is 12.9. The highest BCUT2D eigenvalue weighted by Crippen LogP contribution is 2.28. The highest BCUT2D eigenvalue weighted by Gasteiger charge is 2.36. The van der Waals surface area contributed by atoms with Crippen LogP contribution in [0.4, 0.5) is 0 Å². The second-order valence-electron chi connectivity index (χ2n) is 7.92. The van der Waals surface area contributed by atoms with E-state index in [0.29, 0.717) is 16.5 Å². The van der Waals surface area contributed by atoms with Crippen molar-refractivity contribution in [3.05, 3.63) is 82.4 Å². The maximum atomic E-state index is 13.8. The molecule has 1 aromatic carbocycles. The molecule has 186 valence electrons. The summed E-state index contributed by atoms with van der Waals surface area (Å²) in [5, 5.41) is -0.427. The fraction of sp³-hybridized carbons (Fsp3) is 0.400. The first kappa shape index (κ1) is 27.9. The number of nitrogens with zero attached hydrogens (tertiary/aromatic N) is 2. The predicted octanol–water partition coefficient (Wildman–Crippen LogP) is 5.15. The van der Waals surface area contributed by atoms with Crippen LogP contribution in [0, 0.1) is 0 Å². The third-order valence-electron chi connectivity index (χ3n) is 5.42. The molecule has 0 saturated carbocycles. The third kappa shape index (κ3) is 7.56. The van der Waals surface area contributed by atoms with E-state index in [1.807, 2.05) is 50.3 Å². The molecule has 0 aliphatic rings. The lowest BCUT2D eigenvalue weighted by atomic mass is 10.2. The van der Waals surface area contributed by atoms with E-state index in [1.54, 1.807) is 33.3 Å². The zero-order chi connectivity index (χ0) is 25.3. The van der Waals surface area contributed by atoms with Crippen molar-refractivity contribution >= 4 is 21.6 Å². The van der Waals surface area contributed by atoms with Crippen LogP contribution in [0.15, 0.2) is 66.1 Å². The van der Waals surface area contributed by atoms with Gasteiger partial charge >= 0.3 is 0 Å². The number of ether oxygens (including phenoxy) is 3. The summed E-state index contributed by atoms with van der Waals surface area (Å²) in [5.41, 5.74) is 2.20. The molecule has 0 N–H and O–H groups in total. The van der Waals surface area contributed by atoms with Crippen LogP contribution in [-0.4, -0.2) is 50.8 Å². The van der Waals surface area contributed by atoms with Crippen LogP contribution in [0.1, 0.15) is 38.1 Å². The molecule has 0 bridgehead atoms. The third-order valence-corrected chi connectivity index (χ3v) is 7.81. The van der Waals surface area contributed by atoms with Crippen molar-refractivity contribution in [2.24, 2.45) is 0 Å². The van der Waals surface area contributed by atoms with Gasteiger partial charge in [-0.05, 0) is 56.7 Å². The molecule has 0 aliphatic heterocycles. The Labute approximate surface area is 208 Å². The lowest BCUT2D eigenvalue weighted by Gasteiger charge is -2.30. The normalized spacial score (nSPS) is 14.7. The summed E-state index contributed by atoms with van der Waals surface area (Å²) in [6.07, 6.45) is 4.39. The monoisotopic (exact) mass is 508 g/mol. The second-order valence-corrected chi connectivity index (χ2v) is 10.6. The minimum atomic E-state index is -3.81. The Morgan fingerprint density at radius 2 is 1.76 bits per heavy atom. The molecule has 9 heteroatoms. The van der Waals surface area contributed by atoms with Gasteiger partial charge in [0.15, 0.2) is 0 Å². The Kier molecular flexibility index (Phi) is 10.6. The molecule has 1 heterocycles. The quantitative estimate of drug-likeness (QED) is 0.291. The van der Waals surface area contributed by atoms with Gasteiger partial charge in [0.2, 0.25) is 10.0 Å². The molecular formula is C25H33ClN2O5S. The molecule has 0 fully saturated rings. The molecular weight excluding hydrogens is 476 g/mol. The molecule has 0 spiro atoms. The van der Waals surface area contributed by atoms with Crippen molar-refractivity contribution < 1.29 is 22.6 Å². The van der Waals surface area contributed by atoms with E-state index < -0.39 is 21.4 Å². The number of benzene rings is 1. The number of halogens is 1. The molecule has 2 rings (SSSR count). The molecule has 0 aliphatic carbocycles. The molecule has 0 unspecified atom stereocenters. The van der Waals surface area contributed by atoms with E-state index in [4.69, 9.17) is 25.8 Å². The predicted molar refractivity (Wildman–Crippen MR) is 135 cm³/mol. The topological polar surface area (TPSA) is 78.0 Å². The van der Waals surface area contributed by atoms with Crippen molar-refractivity contribution in [3.63, 3.8) is 0 Å². The SMILES string of the molecule is CO/C(C)=C/C=C(\C)CN(Cc1ccc(OC)cc1)S(=O)(=O)[C@@H](C)[C@H](OC)c1ccc(Cl)cn1. The Balaban J connectivity index is 2.41. The maximum absolute atomic E-state index is 13.8. The molecule has 2 atom stereocenters. The summed E-state index contributed by atoms with van der Waals surface area (Å²) < 4.78 is 45.1. The van der Waals surface area contributed by atoms with Crippen LogP contribution >= 0.6 is 11.6 Å². The number of pyridine rings is 1. The number of rotatable bonds is 12. The van der Waals surface area contributed by atoms with Gasteiger partial charge in [-0.25, -0.2) is 8.42 Å². The Bertz CT molecular complexity index is 1080. The molecule has 2 aromatic rings. The summed E-state index contributed by atoms with van der Waals surface area (Å²) in [6.45, 7) is 5.75. The van der Waals surface area contributed by atoms with Gasteiger partial charge in [0.1, 0.15) is 17.1 Å². The Hall–Kier alpha value is -2.39.